The number of nitro benzene ring substituents is 2. The van der Waals surface area contributed by atoms with Gasteiger partial charge in [-0.25, -0.2) is 19.2 Å². The Hall–Kier alpha value is -7.53. The third-order valence-corrected chi connectivity index (χ3v) is 22.9. The van der Waals surface area contributed by atoms with Gasteiger partial charge in [0.15, 0.2) is 5.70 Å². The summed E-state index contributed by atoms with van der Waals surface area (Å²) in [6, 6.07) is 23.9. The highest BCUT2D eigenvalue weighted by Gasteiger charge is 2.63. The molecule has 0 aromatic heterocycles. The number of carbonyl (C=O) groups excluding carboxylic acids is 6. The molecule has 0 bridgehead atoms. The van der Waals surface area contributed by atoms with E-state index in [2.05, 4.69) is 46.3 Å². The number of aliphatic hydroxyl groups is 2. The third kappa shape index (κ3) is 17.8. The van der Waals surface area contributed by atoms with Gasteiger partial charge in [-0.05, 0) is 179 Å². The maximum absolute atomic E-state index is 14.2. The van der Waals surface area contributed by atoms with E-state index in [1.54, 1.807) is 62.0 Å². The minimum atomic E-state index is -4.64. The van der Waals surface area contributed by atoms with Gasteiger partial charge in [0.25, 0.3) is 11.4 Å². The van der Waals surface area contributed by atoms with Crippen molar-refractivity contribution in [2.24, 2.45) is 35.5 Å². The Bertz CT molecular complexity index is 3660. The van der Waals surface area contributed by atoms with Gasteiger partial charge in [-0.15, -0.1) is 11.8 Å². The summed E-state index contributed by atoms with van der Waals surface area (Å²) in [5.41, 5.74) is -1.08. The van der Waals surface area contributed by atoms with Crippen LogP contribution in [-0.2, 0) is 37.7 Å². The molecule has 2 N–H and O–H groups in total. The number of aliphatic hydroxyl groups excluding tert-OH is 2. The zero-order valence-electron chi connectivity index (χ0n) is 56.4. The van der Waals surface area contributed by atoms with Crippen molar-refractivity contribution < 1.29 is 76.4 Å². The van der Waals surface area contributed by atoms with Gasteiger partial charge in [0, 0.05) is 77.7 Å². The van der Waals surface area contributed by atoms with E-state index in [0.717, 1.165) is 85.6 Å². The highest BCUT2D eigenvalue weighted by atomic mass is 32.2. The minimum Gasteiger partial charge on any atom is -0.393 e. The second kappa shape index (κ2) is 32.9. The van der Waals surface area contributed by atoms with E-state index in [1.165, 1.54) is 132 Å². The van der Waals surface area contributed by atoms with Crippen molar-refractivity contribution in [1.82, 2.24) is 29.4 Å². The number of piperidine rings is 4. The molecule has 0 radical (unpaired) electrons. The standard InChI is InChI=1S/C29H38N4O7S.C29H25N2O11P.C12H24N2S/c1-17-24-23(18(2)34)27(35)32(24)25(29(37)40-28(36)20-6-8-21(9-7-20)33(38)39)26(17)41-22-5-4-12-31(16-22)15-19-10-13-30(3)14-11-19;1-17-24-23(18(2)32)27(33)30(24)25(29(35)39-28(34)19-13-15-20(16-14-19)31(36)37)26(17)42-43(38,40-21-9-5-3-6-10-21)41-22-11-7-4-8-12-22;1-13-7-4-11(5-8-13)9-14-6-2-3-12(15)10-14/h6-9,17-19,22-24,34H,4-5,10-16H2,1-3H3;3-18,23-24,32H,1-2H3;11-12,15H,2-10H2,1H3/t17-,18-,22-,23-,24-;17-,18-,23-,24-;12-/m111/s1. The van der Waals surface area contributed by atoms with E-state index in [4.69, 9.17) is 23.0 Å². The summed E-state index contributed by atoms with van der Waals surface area (Å²) in [5, 5.41) is 43.3. The fourth-order valence-electron chi connectivity index (χ4n) is 14.4. The summed E-state index contributed by atoms with van der Waals surface area (Å²) in [6.45, 7) is 18.2. The van der Waals surface area contributed by atoms with Gasteiger partial charge in [0.05, 0.1) is 57.1 Å². The van der Waals surface area contributed by atoms with Gasteiger partial charge >= 0.3 is 31.7 Å². The van der Waals surface area contributed by atoms with Gasteiger partial charge in [0.1, 0.15) is 23.0 Å². The summed E-state index contributed by atoms with van der Waals surface area (Å²) in [7, 11) is -0.235. The molecule has 6 fully saturated rings. The van der Waals surface area contributed by atoms with E-state index in [0.29, 0.717) is 11.2 Å². The Morgan fingerprint density at radius 3 is 1.42 bits per heavy atom. The monoisotopic (exact) mass is 1420 g/mol. The van der Waals surface area contributed by atoms with Crippen molar-refractivity contribution in [2.45, 2.75) is 114 Å². The summed E-state index contributed by atoms with van der Waals surface area (Å²) < 4.78 is 41.6. The minimum absolute atomic E-state index is 0.00466. The number of thiol groups is 1. The number of likely N-dealkylation sites (tertiary alicyclic amines) is 4. The predicted octanol–water partition coefficient (Wildman–Crippen LogP) is 9.24. The van der Waals surface area contributed by atoms with E-state index >= 15 is 0 Å². The van der Waals surface area contributed by atoms with Crippen LogP contribution in [0, 0.1) is 55.7 Å². The zero-order chi connectivity index (χ0) is 71.0. The highest BCUT2D eigenvalue weighted by molar-refractivity contribution is 8.03. The molecular formula is C70H87N8O18PS2. The van der Waals surface area contributed by atoms with Crippen LogP contribution >= 0.6 is 32.2 Å². The molecule has 0 aliphatic carbocycles. The average Bonchev–Trinajstić information content (AvgIpc) is 1.57. The zero-order valence-corrected chi connectivity index (χ0v) is 59.0. The Labute approximate surface area is 585 Å². The molecule has 4 aromatic rings. The maximum atomic E-state index is 14.2. The molecule has 2 amide bonds. The van der Waals surface area contributed by atoms with Crippen molar-refractivity contribution in [1.29, 1.82) is 0 Å². The first kappa shape index (κ1) is 74.2. The van der Waals surface area contributed by atoms with Crippen molar-refractivity contribution >= 4 is 79.3 Å². The molecule has 0 spiro atoms. The van der Waals surface area contributed by atoms with Crippen LogP contribution in [0.1, 0.15) is 99.8 Å². The SMILES string of the molecule is CN1CCC(CN2CCC[C@@H](S)C2)CC1.C[C@@H](O)[C@H]1C(=O)N2C(C(=O)OC(=O)c3ccc([N+](=O)[O-])cc3)=C(OP(=O)(Oc3ccccc3)Oc3ccccc3)[C@H](C)[C@H]12.C[C@@H](O)[C@H]1C(=O)N2C(C(=O)OC(=O)c3ccc([N+](=O)[O-])cc3)=C(S[C@@H]3CCCN(CC4CCN(C)CC4)C3)[C@H](C)[C@H]12. The highest BCUT2D eigenvalue weighted by Crippen LogP contribution is 2.58. The largest absolute Gasteiger partial charge is 0.646 e. The lowest BCUT2D eigenvalue weighted by atomic mass is 9.79. The number of thioether (sulfide) groups is 1. The first-order valence-corrected chi connectivity index (χ1v) is 36.6. The number of fused-ring (bicyclic) bond motifs is 2. The molecule has 532 valence electrons. The number of benzene rings is 4. The lowest BCUT2D eigenvalue weighted by Gasteiger charge is -2.46. The molecule has 10 atom stereocenters. The van der Waals surface area contributed by atoms with Gasteiger partial charge < -0.3 is 57.8 Å². The lowest BCUT2D eigenvalue weighted by Crippen LogP contribution is -2.63. The van der Waals surface area contributed by atoms with Crippen molar-refractivity contribution in [3.05, 3.63) is 163 Å². The summed E-state index contributed by atoms with van der Waals surface area (Å²) in [6.07, 6.45) is 7.91. The molecule has 8 aliphatic rings. The van der Waals surface area contributed by atoms with Crippen LogP contribution in [0.2, 0.25) is 0 Å². The number of para-hydroxylation sites is 2. The van der Waals surface area contributed by atoms with Crippen LogP contribution in [-0.4, -0.2) is 199 Å². The van der Waals surface area contributed by atoms with Gasteiger partial charge in [-0.3, -0.25) is 34.7 Å². The smallest absolute Gasteiger partial charge is 0.393 e. The fraction of sp³-hybridized carbons (Fsp3) is 0.514. The van der Waals surface area contributed by atoms with Crippen LogP contribution in [0.5, 0.6) is 11.5 Å². The number of non-ortho nitro benzene ring substituents is 2. The molecule has 99 heavy (non-hydrogen) atoms. The Morgan fingerprint density at radius 1 is 0.576 bits per heavy atom. The summed E-state index contributed by atoms with van der Waals surface area (Å²) >= 11 is 6.20. The van der Waals surface area contributed by atoms with Crippen LogP contribution in [0.15, 0.2) is 131 Å². The quantitative estimate of drug-likeness (QED) is 0.0141. The average molecular weight is 1420 g/mol. The number of hydrogen-bond acceptors (Lipinski definition) is 24. The number of esters is 4. The topological polar surface area (TPSA) is 312 Å². The second-order valence-corrected chi connectivity index (χ2v) is 30.4. The number of nitro groups is 2. The fourth-order valence-corrected chi connectivity index (χ4v) is 17.7. The number of ether oxygens (including phenoxy) is 2. The Morgan fingerprint density at radius 2 is 0.990 bits per heavy atom. The molecule has 8 heterocycles. The number of β-lactam (4-membered cyclic amide) rings is 2. The molecule has 8 aliphatic heterocycles. The normalized spacial score (nSPS) is 25.3. The molecule has 29 heteroatoms. The number of phosphoric ester groups is 1. The van der Waals surface area contributed by atoms with Crippen LogP contribution in [0.3, 0.4) is 0 Å². The lowest BCUT2D eigenvalue weighted by molar-refractivity contribution is -0.385. The summed E-state index contributed by atoms with van der Waals surface area (Å²) in [5.74, 6) is -6.32. The first-order valence-electron chi connectivity index (χ1n) is 33.8. The number of phosphoric acid groups is 1. The second-order valence-electron chi connectivity index (χ2n) is 26.9. The molecule has 0 saturated carbocycles. The Kier molecular flexibility index (Phi) is 24.6. The number of rotatable bonds is 20. The molecule has 6 saturated heterocycles. The molecular weight excluding hydrogens is 1340 g/mol. The number of carbonyl (C=O) groups is 6. The third-order valence-electron chi connectivity index (χ3n) is 19.7. The first-order chi connectivity index (χ1) is 47.3. The number of hydrogen-bond donors (Lipinski definition) is 3. The van der Waals surface area contributed by atoms with Gasteiger partial charge in [-0.2, -0.15) is 17.2 Å². The van der Waals surface area contributed by atoms with E-state index in [9.17, 15) is 63.8 Å². The molecule has 26 nitrogen and oxygen atoms in total. The number of amides is 2. The molecule has 12 rings (SSSR count). The van der Waals surface area contributed by atoms with Crippen LogP contribution < -0.4 is 9.05 Å². The maximum Gasteiger partial charge on any atom is 0.646 e. The van der Waals surface area contributed by atoms with Gasteiger partial charge in [0.2, 0.25) is 11.8 Å². The van der Waals surface area contributed by atoms with Crippen molar-refractivity contribution in [2.75, 3.05) is 79.5 Å². The van der Waals surface area contributed by atoms with Crippen molar-refractivity contribution in [3.63, 3.8) is 0 Å². The van der Waals surface area contributed by atoms with Crippen LogP contribution in [0.4, 0.5) is 11.4 Å². The van der Waals surface area contributed by atoms with Crippen molar-refractivity contribution in [3.8, 4) is 11.5 Å². The Balaban J connectivity index is 0.000000177. The number of nitrogens with zero attached hydrogens (tertiary/aromatic N) is 8. The van der Waals surface area contributed by atoms with Gasteiger partial charge in [-0.1, -0.05) is 50.2 Å². The summed E-state index contributed by atoms with van der Waals surface area (Å²) in [4.78, 5) is 112. The van der Waals surface area contributed by atoms with Crippen LogP contribution in [0.25, 0.3) is 0 Å². The van der Waals surface area contributed by atoms with E-state index in [-0.39, 0.29) is 68.6 Å². The predicted molar refractivity (Wildman–Crippen MR) is 370 cm³/mol. The van der Waals surface area contributed by atoms with E-state index < -0.39 is 89.2 Å². The molecule has 0 unspecified atom stereocenters. The van der Waals surface area contributed by atoms with E-state index in [1.807, 2.05) is 6.92 Å². The molecule has 4 aromatic carbocycles.